The molecule has 84 valence electrons. The summed E-state index contributed by atoms with van der Waals surface area (Å²) in [5.41, 5.74) is 0.733. The van der Waals surface area contributed by atoms with Crippen LogP contribution in [0.3, 0.4) is 0 Å². The third kappa shape index (κ3) is 1.52. The molecule has 5 nitrogen and oxygen atoms in total. The summed E-state index contributed by atoms with van der Waals surface area (Å²) < 4.78 is 0. The van der Waals surface area contributed by atoms with Crippen LogP contribution in [0.1, 0.15) is 6.42 Å². The van der Waals surface area contributed by atoms with Gasteiger partial charge in [-0.2, -0.15) is 9.97 Å². The average molecular weight is 239 g/mol. The Morgan fingerprint density at radius 1 is 1.50 bits per heavy atom. The fourth-order valence-corrected chi connectivity index (χ4v) is 2.24. The fraction of sp³-hybridized carbons (Fsp3) is 0.400. The van der Waals surface area contributed by atoms with E-state index in [0.29, 0.717) is 6.54 Å². The summed E-state index contributed by atoms with van der Waals surface area (Å²) in [5, 5.41) is 10.7. The van der Waals surface area contributed by atoms with Gasteiger partial charge in [0.2, 0.25) is 5.28 Å². The molecule has 0 aromatic carbocycles. The van der Waals surface area contributed by atoms with Gasteiger partial charge in [0.05, 0.1) is 11.5 Å². The molecule has 0 spiro atoms. The van der Waals surface area contributed by atoms with Gasteiger partial charge in [0.15, 0.2) is 0 Å². The highest BCUT2D eigenvalue weighted by molar-refractivity contribution is 6.28. The highest BCUT2D eigenvalue weighted by Crippen LogP contribution is 2.27. The largest absolute Gasteiger partial charge is 0.391 e. The summed E-state index contributed by atoms with van der Waals surface area (Å²) in [6.45, 7) is 1.41. The van der Waals surface area contributed by atoms with Crippen molar-refractivity contribution in [2.24, 2.45) is 0 Å². The predicted octanol–water partition coefficient (Wildman–Crippen LogP) is 1.18. The van der Waals surface area contributed by atoms with E-state index in [2.05, 4.69) is 15.0 Å². The summed E-state index contributed by atoms with van der Waals surface area (Å²) in [6.07, 6.45) is 2.31. The van der Waals surface area contributed by atoms with Crippen molar-refractivity contribution in [1.29, 1.82) is 0 Å². The van der Waals surface area contributed by atoms with Gasteiger partial charge in [0.25, 0.3) is 0 Å². The number of aromatic nitrogens is 3. The number of halogens is 1. The molecule has 0 saturated carbocycles. The average Bonchev–Trinajstić information content (AvgIpc) is 2.84. The molecule has 6 heteroatoms. The van der Waals surface area contributed by atoms with E-state index >= 15 is 0 Å². The molecule has 16 heavy (non-hydrogen) atoms. The minimum atomic E-state index is -0.275. The molecule has 2 N–H and O–H groups in total. The van der Waals surface area contributed by atoms with Crippen LogP contribution in [0.25, 0.3) is 11.0 Å². The zero-order valence-electron chi connectivity index (χ0n) is 8.52. The summed E-state index contributed by atoms with van der Waals surface area (Å²) in [5.74, 6) is 0.799. The van der Waals surface area contributed by atoms with E-state index in [0.717, 1.165) is 29.8 Å². The number of anilines is 1. The van der Waals surface area contributed by atoms with Crippen LogP contribution in [0.2, 0.25) is 5.28 Å². The van der Waals surface area contributed by atoms with E-state index in [1.54, 1.807) is 0 Å². The van der Waals surface area contributed by atoms with Crippen LogP contribution in [0.15, 0.2) is 12.3 Å². The van der Waals surface area contributed by atoms with Crippen LogP contribution >= 0.6 is 11.6 Å². The number of hydrogen-bond donors (Lipinski definition) is 2. The topological polar surface area (TPSA) is 65.0 Å². The Labute approximate surface area is 97.1 Å². The van der Waals surface area contributed by atoms with Crippen LogP contribution < -0.4 is 4.90 Å². The third-order valence-corrected chi connectivity index (χ3v) is 3.00. The second-order valence-electron chi connectivity index (χ2n) is 3.94. The van der Waals surface area contributed by atoms with Crippen molar-refractivity contribution >= 4 is 28.5 Å². The number of aliphatic hydroxyl groups is 1. The number of hydrogen-bond acceptors (Lipinski definition) is 4. The molecule has 1 aliphatic heterocycles. The fourth-order valence-electron chi connectivity index (χ4n) is 2.07. The lowest BCUT2D eigenvalue weighted by molar-refractivity contribution is 0.198. The van der Waals surface area contributed by atoms with Crippen molar-refractivity contribution in [3.8, 4) is 0 Å². The van der Waals surface area contributed by atoms with E-state index in [-0.39, 0.29) is 11.4 Å². The molecule has 0 amide bonds. The Morgan fingerprint density at radius 3 is 3.12 bits per heavy atom. The summed E-state index contributed by atoms with van der Waals surface area (Å²) in [6, 6.07) is 1.92. The smallest absolute Gasteiger partial charge is 0.226 e. The standard InChI is InChI=1S/C10H11ClN4O/c11-10-13-8-7(1-3-12-8)9(14-10)15-4-2-6(16)5-15/h1,3,6,16H,2,4-5H2,(H,12,13,14)/t6-/m0/s1. The maximum Gasteiger partial charge on any atom is 0.226 e. The Balaban J connectivity index is 2.11. The zero-order valence-corrected chi connectivity index (χ0v) is 9.28. The minimum absolute atomic E-state index is 0.228. The number of aromatic amines is 1. The minimum Gasteiger partial charge on any atom is -0.391 e. The molecule has 2 aromatic heterocycles. The highest BCUT2D eigenvalue weighted by atomic mass is 35.5. The molecule has 3 rings (SSSR count). The van der Waals surface area contributed by atoms with Gasteiger partial charge in [-0.1, -0.05) is 0 Å². The van der Waals surface area contributed by atoms with Gasteiger partial charge in [-0.25, -0.2) is 0 Å². The van der Waals surface area contributed by atoms with Gasteiger partial charge in [0.1, 0.15) is 11.5 Å². The summed E-state index contributed by atoms with van der Waals surface area (Å²) in [4.78, 5) is 13.4. The van der Waals surface area contributed by atoms with Crippen LogP contribution in [0.5, 0.6) is 0 Å². The van der Waals surface area contributed by atoms with E-state index < -0.39 is 0 Å². The maximum absolute atomic E-state index is 9.53. The lowest BCUT2D eigenvalue weighted by atomic mass is 10.3. The lowest BCUT2D eigenvalue weighted by Gasteiger charge is -2.17. The van der Waals surface area contributed by atoms with Gasteiger partial charge >= 0.3 is 0 Å². The molecule has 0 aliphatic carbocycles. The van der Waals surface area contributed by atoms with Crippen molar-refractivity contribution in [3.05, 3.63) is 17.5 Å². The number of aliphatic hydroxyl groups excluding tert-OH is 1. The Morgan fingerprint density at radius 2 is 2.38 bits per heavy atom. The molecule has 1 aliphatic rings. The van der Waals surface area contributed by atoms with Gasteiger partial charge in [-0.3, -0.25) is 0 Å². The number of nitrogens with one attached hydrogen (secondary N) is 1. The third-order valence-electron chi connectivity index (χ3n) is 2.83. The van der Waals surface area contributed by atoms with Gasteiger partial charge in [-0.05, 0) is 24.1 Å². The number of rotatable bonds is 1. The first-order valence-corrected chi connectivity index (χ1v) is 5.55. The Hall–Kier alpha value is -1.33. The van der Waals surface area contributed by atoms with Crippen molar-refractivity contribution in [2.75, 3.05) is 18.0 Å². The zero-order chi connectivity index (χ0) is 11.1. The lowest BCUT2D eigenvalue weighted by Crippen LogP contribution is -2.22. The van der Waals surface area contributed by atoms with Crippen LogP contribution in [-0.4, -0.2) is 39.3 Å². The molecule has 1 fully saturated rings. The molecule has 3 heterocycles. The normalized spacial score (nSPS) is 20.9. The number of nitrogens with zero attached hydrogens (tertiary/aromatic N) is 3. The Bertz CT molecular complexity index is 527. The van der Waals surface area contributed by atoms with Crippen molar-refractivity contribution in [2.45, 2.75) is 12.5 Å². The molecule has 0 unspecified atom stereocenters. The van der Waals surface area contributed by atoms with E-state index in [1.807, 2.05) is 17.2 Å². The first kappa shape index (κ1) is 9.86. The van der Waals surface area contributed by atoms with Gasteiger partial charge in [-0.15, -0.1) is 0 Å². The molecular formula is C10H11ClN4O. The van der Waals surface area contributed by atoms with Crippen molar-refractivity contribution < 1.29 is 5.11 Å². The van der Waals surface area contributed by atoms with Crippen molar-refractivity contribution in [1.82, 2.24) is 15.0 Å². The van der Waals surface area contributed by atoms with Gasteiger partial charge in [0, 0.05) is 19.3 Å². The molecule has 0 bridgehead atoms. The second-order valence-corrected chi connectivity index (χ2v) is 4.28. The number of H-pyrrole nitrogens is 1. The first-order valence-electron chi connectivity index (χ1n) is 5.17. The molecular weight excluding hydrogens is 228 g/mol. The molecule has 2 aromatic rings. The SMILES string of the molecule is O[C@H]1CCN(c2nc(Cl)nc3[nH]ccc23)C1. The quantitative estimate of drug-likeness (QED) is 0.733. The number of fused-ring (bicyclic) bond motifs is 1. The summed E-state index contributed by atoms with van der Waals surface area (Å²) in [7, 11) is 0. The predicted molar refractivity (Wildman–Crippen MR) is 61.7 cm³/mol. The van der Waals surface area contributed by atoms with E-state index in [4.69, 9.17) is 11.6 Å². The van der Waals surface area contributed by atoms with Crippen LogP contribution in [0.4, 0.5) is 5.82 Å². The number of β-amino-alcohol motifs (C(OH)–C–C–N with tert-alkyl or cyclic N) is 1. The maximum atomic E-state index is 9.53. The summed E-state index contributed by atoms with van der Waals surface area (Å²) >= 11 is 5.86. The first-order chi connectivity index (χ1) is 7.74. The van der Waals surface area contributed by atoms with Crippen LogP contribution in [-0.2, 0) is 0 Å². The van der Waals surface area contributed by atoms with E-state index in [9.17, 15) is 5.11 Å². The monoisotopic (exact) mass is 238 g/mol. The Kier molecular flexibility index (Phi) is 2.22. The molecule has 0 radical (unpaired) electrons. The molecule has 1 atom stereocenters. The van der Waals surface area contributed by atoms with E-state index in [1.165, 1.54) is 0 Å². The van der Waals surface area contributed by atoms with Gasteiger partial charge < -0.3 is 15.0 Å². The van der Waals surface area contributed by atoms with Crippen molar-refractivity contribution in [3.63, 3.8) is 0 Å². The molecule has 1 saturated heterocycles. The van der Waals surface area contributed by atoms with Crippen LogP contribution in [0, 0.1) is 0 Å². The second kappa shape index (κ2) is 3.61. The highest BCUT2D eigenvalue weighted by Gasteiger charge is 2.23.